The Bertz CT molecular complexity index is 439. The first-order valence-electron chi connectivity index (χ1n) is 4.21. The first kappa shape index (κ1) is 8.96. The summed E-state index contributed by atoms with van der Waals surface area (Å²) in [5.41, 5.74) is 1.74. The van der Waals surface area contributed by atoms with Gasteiger partial charge in [-0.1, -0.05) is 5.21 Å². The lowest BCUT2D eigenvalue weighted by Crippen LogP contribution is -2.01. The van der Waals surface area contributed by atoms with E-state index >= 15 is 0 Å². The molecular formula is C9H11N3O2. The third-order valence-corrected chi connectivity index (χ3v) is 1.97. The second-order valence-corrected chi connectivity index (χ2v) is 2.86. The summed E-state index contributed by atoms with van der Waals surface area (Å²) >= 11 is 0. The topological polar surface area (TPSA) is 49.2 Å². The Labute approximate surface area is 81.2 Å². The van der Waals surface area contributed by atoms with Crippen molar-refractivity contribution in [1.82, 2.24) is 15.0 Å². The lowest BCUT2D eigenvalue weighted by atomic mass is 10.3. The normalized spacial score (nSPS) is 10.7. The predicted molar refractivity (Wildman–Crippen MR) is 51.1 cm³/mol. The van der Waals surface area contributed by atoms with E-state index in [2.05, 4.69) is 10.3 Å². The molecule has 0 N–H and O–H groups in total. The molecule has 0 amide bonds. The van der Waals surface area contributed by atoms with Crippen molar-refractivity contribution < 1.29 is 9.47 Å². The highest BCUT2D eigenvalue weighted by Crippen LogP contribution is 2.18. The maximum absolute atomic E-state index is 5.08. The number of aromatic nitrogens is 3. The monoisotopic (exact) mass is 193 g/mol. The van der Waals surface area contributed by atoms with E-state index in [1.165, 1.54) is 0 Å². The molecule has 0 aliphatic heterocycles. The van der Waals surface area contributed by atoms with Crippen LogP contribution in [0.3, 0.4) is 0 Å². The quantitative estimate of drug-likeness (QED) is 0.730. The molecule has 0 atom stereocenters. The van der Waals surface area contributed by atoms with Crippen LogP contribution in [0.5, 0.6) is 5.75 Å². The van der Waals surface area contributed by atoms with Gasteiger partial charge in [-0.25, -0.2) is 4.68 Å². The van der Waals surface area contributed by atoms with Crippen LogP contribution in [0.25, 0.3) is 11.0 Å². The molecule has 0 bridgehead atoms. The van der Waals surface area contributed by atoms with E-state index in [0.29, 0.717) is 6.73 Å². The minimum atomic E-state index is 0.406. The van der Waals surface area contributed by atoms with E-state index in [-0.39, 0.29) is 0 Å². The zero-order valence-electron chi connectivity index (χ0n) is 8.10. The molecule has 74 valence electrons. The Morgan fingerprint density at radius 2 is 2.21 bits per heavy atom. The molecule has 2 rings (SSSR count). The van der Waals surface area contributed by atoms with Crippen molar-refractivity contribution in [3.63, 3.8) is 0 Å². The summed E-state index contributed by atoms with van der Waals surface area (Å²) in [6.45, 7) is 0.406. The molecule has 1 aromatic carbocycles. The number of ether oxygens (including phenoxy) is 2. The highest BCUT2D eigenvalue weighted by Gasteiger charge is 2.04. The molecule has 0 aliphatic carbocycles. The molecule has 1 aromatic heterocycles. The maximum atomic E-state index is 5.08. The lowest BCUT2D eigenvalue weighted by Gasteiger charge is -2.00. The van der Waals surface area contributed by atoms with Crippen LogP contribution in [0.1, 0.15) is 0 Å². The van der Waals surface area contributed by atoms with E-state index in [1.54, 1.807) is 18.9 Å². The van der Waals surface area contributed by atoms with E-state index < -0.39 is 0 Å². The summed E-state index contributed by atoms with van der Waals surface area (Å²) in [6.07, 6.45) is 0. The van der Waals surface area contributed by atoms with Crippen LogP contribution in [-0.2, 0) is 11.5 Å². The van der Waals surface area contributed by atoms with Crippen molar-refractivity contribution in [2.75, 3.05) is 14.2 Å². The zero-order chi connectivity index (χ0) is 9.97. The van der Waals surface area contributed by atoms with Gasteiger partial charge in [0, 0.05) is 13.2 Å². The van der Waals surface area contributed by atoms with Crippen molar-refractivity contribution in [3.05, 3.63) is 18.2 Å². The zero-order valence-corrected chi connectivity index (χ0v) is 8.10. The predicted octanol–water partition coefficient (Wildman–Crippen LogP) is 1.04. The van der Waals surface area contributed by atoms with Crippen LogP contribution < -0.4 is 4.74 Å². The van der Waals surface area contributed by atoms with E-state index in [0.717, 1.165) is 16.8 Å². The summed E-state index contributed by atoms with van der Waals surface area (Å²) in [5.74, 6) is 0.780. The third kappa shape index (κ3) is 1.42. The second kappa shape index (κ2) is 3.63. The first-order valence-corrected chi connectivity index (χ1v) is 4.21. The fourth-order valence-corrected chi connectivity index (χ4v) is 1.30. The van der Waals surface area contributed by atoms with Gasteiger partial charge >= 0.3 is 0 Å². The van der Waals surface area contributed by atoms with Crippen LogP contribution in [0.15, 0.2) is 18.2 Å². The minimum absolute atomic E-state index is 0.406. The molecule has 5 nitrogen and oxygen atoms in total. The van der Waals surface area contributed by atoms with E-state index in [9.17, 15) is 0 Å². The fourth-order valence-electron chi connectivity index (χ4n) is 1.30. The maximum Gasteiger partial charge on any atom is 0.141 e. The molecule has 0 unspecified atom stereocenters. The Hall–Kier alpha value is -1.62. The Kier molecular flexibility index (Phi) is 2.32. The molecule has 0 fully saturated rings. The van der Waals surface area contributed by atoms with Gasteiger partial charge in [0.25, 0.3) is 0 Å². The number of hydrogen-bond donors (Lipinski definition) is 0. The molecule has 14 heavy (non-hydrogen) atoms. The second-order valence-electron chi connectivity index (χ2n) is 2.86. The summed E-state index contributed by atoms with van der Waals surface area (Å²) in [7, 11) is 3.25. The first-order chi connectivity index (χ1) is 6.85. The average molecular weight is 193 g/mol. The summed E-state index contributed by atoms with van der Waals surface area (Å²) < 4.78 is 11.8. The molecule has 0 spiro atoms. The lowest BCUT2D eigenvalue weighted by molar-refractivity contribution is 0.122. The average Bonchev–Trinajstić information content (AvgIpc) is 2.61. The van der Waals surface area contributed by atoms with Crippen molar-refractivity contribution >= 4 is 11.0 Å². The van der Waals surface area contributed by atoms with Crippen molar-refractivity contribution in [2.24, 2.45) is 0 Å². The molecule has 2 aromatic rings. The van der Waals surface area contributed by atoms with Gasteiger partial charge in [-0.05, 0) is 12.1 Å². The van der Waals surface area contributed by atoms with Gasteiger partial charge in [0.05, 0.1) is 12.6 Å². The van der Waals surface area contributed by atoms with E-state index in [1.807, 2.05) is 18.2 Å². The molecule has 0 radical (unpaired) electrons. The van der Waals surface area contributed by atoms with Crippen molar-refractivity contribution in [1.29, 1.82) is 0 Å². The van der Waals surface area contributed by atoms with Gasteiger partial charge in [0.15, 0.2) is 0 Å². The fraction of sp³-hybridized carbons (Fsp3) is 0.333. The Balaban J connectivity index is 2.48. The van der Waals surface area contributed by atoms with Gasteiger partial charge in [-0.15, -0.1) is 5.10 Å². The minimum Gasteiger partial charge on any atom is -0.497 e. The van der Waals surface area contributed by atoms with Gasteiger partial charge in [-0.3, -0.25) is 0 Å². The van der Waals surface area contributed by atoms with Gasteiger partial charge < -0.3 is 9.47 Å². The molecule has 0 saturated heterocycles. The van der Waals surface area contributed by atoms with E-state index in [4.69, 9.17) is 9.47 Å². The number of methoxy groups -OCH3 is 2. The van der Waals surface area contributed by atoms with Crippen LogP contribution in [-0.4, -0.2) is 29.2 Å². The molecular weight excluding hydrogens is 182 g/mol. The summed E-state index contributed by atoms with van der Waals surface area (Å²) in [5, 5.41) is 7.95. The number of rotatable bonds is 3. The van der Waals surface area contributed by atoms with Crippen LogP contribution in [0.2, 0.25) is 0 Å². The van der Waals surface area contributed by atoms with Crippen LogP contribution in [0, 0.1) is 0 Å². The number of nitrogens with zero attached hydrogens (tertiary/aromatic N) is 3. The SMILES string of the molecule is COCn1nnc2cc(OC)ccc21. The standard InChI is InChI=1S/C9H11N3O2/c1-13-6-12-9-4-3-7(14-2)5-8(9)10-11-12/h3-5H,6H2,1-2H3. The molecule has 5 heteroatoms. The van der Waals surface area contributed by atoms with Crippen molar-refractivity contribution in [2.45, 2.75) is 6.73 Å². The van der Waals surface area contributed by atoms with Gasteiger partial charge in [0.1, 0.15) is 18.0 Å². The Morgan fingerprint density at radius 1 is 1.36 bits per heavy atom. The smallest absolute Gasteiger partial charge is 0.141 e. The summed E-state index contributed by atoms with van der Waals surface area (Å²) in [4.78, 5) is 0. The third-order valence-electron chi connectivity index (χ3n) is 1.97. The highest BCUT2D eigenvalue weighted by atomic mass is 16.5. The van der Waals surface area contributed by atoms with Crippen LogP contribution >= 0.6 is 0 Å². The van der Waals surface area contributed by atoms with Gasteiger partial charge in [0.2, 0.25) is 0 Å². The molecule has 0 aliphatic rings. The highest BCUT2D eigenvalue weighted by molar-refractivity contribution is 5.75. The number of hydrogen-bond acceptors (Lipinski definition) is 4. The summed E-state index contributed by atoms with van der Waals surface area (Å²) in [6, 6.07) is 5.62. The Morgan fingerprint density at radius 3 is 2.93 bits per heavy atom. The number of benzene rings is 1. The largest absolute Gasteiger partial charge is 0.497 e. The number of fused-ring (bicyclic) bond motifs is 1. The van der Waals surface area contributed by atoms with Crippen LogP contribution in [0.4, 0.5) is 0 Å². The van der Waals surface area contributed by atoms with Crippen molar-refractivity contribution in [3.8, 4) is 5.75 Å². The molecule has 0 saturated carbocycles. The van der Waals surface area contributed by atoms with Gasteiger partial charge in [-0.2, -0.15) is 0 Å². The molecule has 1 heterocycles.